The van der Waals surface area contributed by atoms with Crippen LogP contribution >= 0.6 is 15.9 Å². The van der Waals surface area contributed by atoms with E-state index in [1.165, 1.54) is 12.1 Å². The van der Waals surface area contributed by atoms with Crippen LogP contribution in [-0.4, -0.2) is 28.8 Å². The second kappa shape index (κ2) is 8.85. The first-order chi connectivity index (χ1) is 12.4. The Morgan fingerprint density at radius 2 is 1.81 bits per heavy atom. The summed E-state index contributed by atoms with van der Waals surface area (Å²) in [5.41, 5.74) is 0.879. The van der Waals surface area contributed by atoms with Crippen LogP contribution in [0, 0.1) is 0 Å². The number of aliphatic carboxylic acids is 1. The minimum absolute atomic E-state index is 0.0887. The lowest BCUT2D eigenvalue weighted by Gasteiger charge is -2.25. The van der Waals surface area contributed by atoms with Crippen molar-refractivity contribution in [1.82, 2.24) is 0 Å². The van der Waals surface area contributed by atoms with E-state index in [0.717, 1.165) is 18.4 Å². The first-order valence-corrected chi connectivity index (χ1v) is 9.14. The molecule has 0 radical (unpaired) electrons. The van der Waals surface area contributed by atoms with Crippen LogP contribution in [0.4, 0.5) is 0 Å². The summed E-state index contributed by atoms with van der Waals surface area (Å²) in [6.07, 6.45) is 1.93. The maximum Gasteiger partial charge on any atom is 0.336 e. The number of unbranched alkanes of at least 4 members (excludes halogenated alkanes) is 1. The largest absolute Gasteiger partial charge is 0.494 e. The fraction of sp³-hybridized carbons (Fsp3) is 0.300. The predicted molar refractivity (Wildman–Crippen MR) is 102 cm³/mol. The minimum Gasteiger partial charge on any atom is -0.494 e. The highest BCUT2D eigenvalue weighted by Crippen LogP contribution is 2.39. The molecule has 0 aliphatic heterocycles. The van der Waals surface area contributed by atoms with Gasteiger partial charge in [-0.1, -0.05) is 65.7 Å². The maximum absolute atomic E-state index is 12.0. The van der Waals surface area contributed by atoms with Gasteiger partial charge in [-0.2, -0.15) is 0 Å². The summed E-state index contributed by atoms with van der Waals surface area (Å²) in [6, 6.07) is 13.6. The molecular weight excluding hydrogens is 400 g/mol. The average molecular weight is 421 g/mol. The molecule has 0 aliphatic rings. The fourth-order valence-electron chi connectivity index (χ4n) is 2.63. The van der Waals surface area contributed by atoms with Gasteiger partial charge in [-0.25, -0.2) is 4.79 Å². The third kappa shape index (κ3) is 4.64. The number of rotatable bonds is 9. The predicted octanol–water partition coefficient (Wildman–Crippen LogP) is 4.48. The van der Waals surface area contributed by atoms with Gasteiger partial charge in [0, 0.05) is 6.42 Å². The van der Waals surface area contributed by atoms with Crippen molar-refractivity contribution in [3.63, 3.8) is 0 Å². The van der Waals surface area contributed by atoms with Crippen molar-refractivity contribution < 1.29 is 24.5 Å². The number of carboxylic acid groups (broad SMARTS) is 2. The fourth-order valence-corrected chi connectivity index (χ4v) is 3.30. The van der Waals surface area contributed by atoms with E-state index in [2.05, 4.69) is 15.9 Å². The molecule has 2 N–H and O–H groups in total. The number of alkyl halides is 1. The third-order valence-corrected chi connectivity index (χ3v) is 5.09. The number of hydrogen-bond acceptors (Lipinski definition) is 3. The van der Waals surface area contributed by atoms with Gasteiger partial charge in [0.15, 0.2) is 4.32 Å². The van der Waals surface area contributed by atoms with Crippen molar-refractivity contribution in [2.24, 2.45) is 0 Å². The molecule has 0 aromatic heterocycles. The summed E-state index contributed by atoms with van der Waals surface area (Å²) >= 11 is 3.30. The Morgan fingerprint density at radius 3 is 2.38 bits per heavy atom. The van der Waals surface area contributed by atoms with E-state index in [0.29, 0.717) is 12.4 Å². The number of carbonyl (C=O) groups is 2. The van der Waals surface area contributed by atoms with Gasteiger partial charge in [0.1, 0.15) is 5.75 Å². The molecule has 0 fully saturated rings. The first-order valence-electron chi connectivity index (χ1n) is 8.35. The van der Waals surface area contributed by atoms with Crippen LogP contribution in [0.2, 0.25) is 0 Å². The van der Waals surface area contributed by atoms with Crippen molar-refractivity contribution >= 4 is 27.9 Å². The Morgan fingerprint density at radius 1 is 1.12 bits per heavy atom. The lowest BCUT2D eigenvalue weighted by Crippen LogP contribution is -2.33. The summed E-state index contributed by atoms with van der Waals surface area (Å²) in [5.74, 6) is -1.93. The second-order valence-electron chi connectivity index (χ2n) is 5.98. The van der Waals surface area contributed by atoms with Crippen LogP contribution in [0.25, 0.3) is 0 Å². The maximum atomic E-state index is 12.0. The van der Waals surface area contributed by atoms with Crippen LogP contribution in [0.3, 0.4) is 0 Å². The molecule has 0 saturated carbocycles. The van der Waals surface area contributed by atoms with E-state index >= 15 is 0 Å². The van der Waals surface area contributed by atoms with E-state index in [1.807, 2.05) is 37.3 Å². The molecule has 1 atom stereocenters. The van der Waals surface area contributed by atoms with Gasteiger partial charge in [-0.05, 0) is 29.7 Å². The van der Waals surface area contributed by atoms with Gasteiger partial charge in [0.05, 0.1) is 12.2 Å². The zero-order chi connectivity index (χ0) is 19.2. The summed E-state index contributed by atoms with van der Waals surface area (Å²) in [6.45, 7) is 2.52. The summed E-state index contributed by atoms with van der Waals surface area (Å²) in [4.78, 5) is 23.8. The van der Waals surface area contributed by atoms with E-state index < -0.39 is 16.3 Å². The van der Waals surface area contributed by atoms with Gasteiger partial charge in [0.25, 0.3) is 0 Å². The van der Waals surface area contributed by atoms with Gasteiger partial charge < -0.3 is 14.9 Å². The standard InChI is InChI=1S/C20H21BrO5/c1-2-3-11-26-15-9-10-17(16(12-15)18(22)23)20(21,19(24)25)13-14-7-5-4-6-8-14/h4-10,12H,2-3,11,13H2,1H3,(H,22,23)(H,24,25). The Balaban J connectivity index is 2.44. The molecule has 5 nitrogen and oxygen atoms in total. The van der Waals surface area contributed by atoms with Crippen LogP contribution in [0.15, 0.2) is 48.5 Å². The number of carboxylic acids is 2. The van der Waals surface area contributed by atoms with Crippen molar-refractivity contribution in [2.75, 3.05) is 6.61 Å². The lowest BCUT2D eigenvalue weighted by atomic mass is 9.88. The highest BCUT2D eigenvalue weighted by Gasteiger charge is 2.41. The van der Waals surface area contributed by atoms with Crippen LogP contribution in [0.1, 0.15) is 41.3 Å². The number of benzene rings is 2. The van der Waals surface area contributed by atoms with E-state index in [9.17, 15) is 19.8 Å². The number of halogens is 1. The zero-order valence-electron chi connectivity index (χ0n) is 14.4. The third-order valence-electron chi connectivity index (χ3n) is 4.04. The first kappa shape index (κ1) is 20.0. The lowest BCUT2D eigenvalue weighted by molar-refractivity contribution is -0.139. The zero-order valence-corrected chi connectivity index (χ0v) is 16.0. The van der Waals surface area contributed by atoms with E-state index in [4.69, 9.17) is 4.74 Å². The Hall–Kier alpha value is -2.34. The molecule has 2 aromatic carbocycles. The highest BCUT2D eigenvalue weighted by molar-refractivity contribution is 9.10. The minimum atomic E-state index is -1.55. The smallest absolute Gasteiger partial charge is 0.336 e. The second-order valence-corrected chi connectivity index (χ2v) is 7.34. The quantitative estimate of drug-likeness (QED) is 0.461. The highest BCUT2D eigenvalue weighted by atomic mass is 79.9. The number of ether oxygens (including phenoxy) is 1. The number of aromatic carboxylic acids is 1. The van der Waals surface area contributed by atoms with Crippen molar-refractivity contribution in [3.8, 4) is 5.75 Å². The van der Waals surface area contributed by atoms with Crippen molar-refractivity contribution in [3.05, 3.63) is 65.2 Å². The normalized spacial score (nSPS) is 13.0. The molecular formula is C20H21BrO5. The molecule has 138 valence electrons. The van der Waals surface area contributed by atoms with Gasteiger partial charge in [0.2, 0.25) is 0 Å². The summed E-state index contributed by atoms with van der Waals surface area (Å²) in [7, 11) is 0. The van der Waals surface area contributed by atoms with E-state index in [1.54, 1.807) is 6.07 Å². The monoisotopic (exact) mass is 420 g/mol. The SMILES string of the molecule is CCCCOc1ccc(C(Br)(Cc2ccccc2)C(=O)O)c(C(=O)O)c1. The molecule has 0 amide bonds. The summed E-state index contributed by atoms with van der Waals surface area (Å²) in [5, 5.41) is 19.4. The molecule has 2 rings (SSSR count). The van der Waals surface area contributed by atoms with Gasteiger partial charge in [-0.15, -0.1) is 0 Å². The molecule has 0 aliphatic carbocycles. The molecule has 1 unspecified atom stereocenters. The molecule has 0 bridgehead atoms. The van der Waals surface area contributed by atoms with Gasteiger partial charge in [-0.3, -0.25) is 4.79 Å². The number of hydrogen-bond donors (Lipinski definition) is 2. The molecule has 0 heterocycles. The Labute approximate surface area is 160 Å². The van der Waals surface area contributed by atoms with Crippen LogP contribution in [0.5, 0.6) is 5.75 Å². The van der Waals surface area contributed by atoms with Crippen LogP contribution < -0.4 is 4.74 Å². The van der Waals surface area contributed by atoms with Gasteiger partial charge >= 0.3 is 11.9 Å². The molecule has 6 heteroatoms. The van der Waals surface area contributed by atoms with E-state index in [-0.39, 0.29) is 17.5 Å². The molecule has 2 aromatic rings. The topological polar surface area (TPSA) is 83.8 Å². The molecule has 0 saturated heterocycles. The molecule has 0 spiro atoms. The van der Waals surface area contributed by atoms with Crippen molar-refractivity contribution in [1.29, 1.82) is 0 Å². The molecule has 26 heavy (non-hydrogen) atoms. The van der Waals surface area contributed by atoms with Crippen LogP contribution in [-0.2, 0) is 15.5 Å². The Bertz CT molecular complexity index is 775. The Kier molecular flexibility index (Phi) is 6.80. The summed E-state index contributed by atoms with van der Waals surface area (Å²) < 4.78 is 4.01. The average Bonchev–Trinajstić information content (AvgIpc) is 2.62. The van der Waals surface area contributed by atoms with Crippen molar-refractivity contribution in [2.45, 2.75) is 30.5 Å².